The summed E-state index contributed by atoms with van der Waals surface area (Å²) < 4.78 is 4.98. The fourth-order valence-corrected chi connectivity index (χ4v) is 2.38. The third kappa shape index (κ3) is 2.28. The minimum atomic E-state index is -0.546. The topological polar surface area (TPSA) is 38.3 Å². The Morgan fingerprint density at radius 2 is 2.06 bits per heavy atom. The van der Waals surface area contributed by atoms with E-state index in [1.165, 1.54) is 7.11 Å². The lowest BCUT2D eigenvalue weighted by atomic mass is 9.89. The van der Waals surface area contributed by atoms with Crippen LogP contribution in [0.25, 0.3) is 0 Å². The molecule has 0 radical (unpaired) electrons. The first kappa shape index (κ1) is 12.0. The van der Waals surface area contributed by atoms with Gasteiger partial charge in [0, 0.05) is 5.69 Å². The fraction of sp³-hybridized carbons (Fsp3) is 0.500. The van der Waals surface area contributed by atoms with Crippen LogP contribution in [-0.2, 0) is 9.53 Å². The third-order valence-electron chi connectivity index (χ3n) is 3.52. The molecule has 0 amide bonds. The van der Waals surface area contributed by atoms with E-state index < -0.39 is 5.54 Å². The van der Waals surface area contributed by atoms with E-state index in [4.69, 9.17) is 4.74 Å². The summed E-state index contributed by atoms with van der Waals surface area (Å²) in [5.74, 6) is 0.256. The van der Waals surface area contributed by atoms with Gasteiger partial charge >= 0.3 is 5.97 Å². The van der Waals surface area contributed by atoms with Gasteiger partial charge in [-0.05, 0) is 37.3 Å². The summed E-state index contributed by atoms with van der Waals surface area (Å²) >= 11 is 0. The van der Waals surface area contributed by atoms with Gasteiger partial charge in [0.15, 0.2) is 0 Å². The van der Waals surface area contributed by atoms with E-state index in [1.807, 2.05) is 37.3 Å². The van der Waals surface area contributed by atoms with Crippen molar-refractivity contribution in [2.24, 2.45) is 5.92 Å². The number of anilines is 1. The Bertz CT molecular complexity index is 386. The number of ether oxygens (including phenoxy) is 1. The molecule has 1 atom stereocenters. The molecule has 3 nitrogen and oxygen atoms in total. The number of benzene rings is 1. The van der Waals surface area contributed by atoms with Gasteiger partial charge in [0.2, 0.25) is 0 Å². The Balaban J connectivity index is 2.24. The molecule has 1 N–H and O–H groups in total. The second kappa shape index (κ2) is 4.78. The molecular weight excluding hydrogens is 214 g/mol. The van der Waals surface area contributed by atoms with Crippen molar-refractivity contribution in [2.75, 3.05) is 12.4 Å². The Kier molecular flexibility index (Phi) is 3.36. The van der Waals surface area contributed by atoms with Crippen molar-refractivity contribution in [3.8, 4) is 0 Å². The van der Waals surface area contributed by atoms with E-state index in [0.717, 1.165) is 24.9 Å². The number of nitrogens with one attached hydrogen (secondary N) is 1. The lowest BCUT2D eigenvalue weighted by Crippen LogP contribution is -2.48. The zero-order valence-electron chi connectivity index (χ0n) is 10.4. The predicted octanol–water partition coefficient (Wildman–Crippen LogP) is 2.83. The highest BCUT2D eigenvalue weighted by atomic mass is 16.5. The minimum absolute atomic E-state index is 0.147. The summed E-state index contributed by atoms with van der Waals surface area (Å²) in [5.41, 5.74) is 0.433. The highest BCUT2D eigenvalue weighted by molar-refractivity contribution is 5.85. The molecule has 3 heteroatoms. The molecule has 1 fully saturated rings. The minimum Gasteiger partial charge on any atom is -0.467 e. The Hall–Kier alpha value is -1.51. The molecule has 1 unspecified atom stereocenters. The second-order valence-corrected chi connectivity index (χ2v) is 4.58. The molecule has 92 valence electrons. The SMILES string of the molecule is CCC(Nc1ccccc1)(C(=O)OC)C1CC1. The standard InChI is InChI=1S/C14H19NO2/c1-3-14(11-9-10-11,13(16)17-2)15-12-7-5-4-6-8-12/h4-8,11,15H,3,9-10H2,1-2H3. The van der Waals surface area contributed by atoms with Crippen LogP contribution in [-0.4, -0.2) is 18.6 Å². The average molecular weight is 233 g/mol. The normalized spacial score (nSPS) is 18.2. The van der Waals surface area contributed by atoms with Crippen molar-refractivity contribution in [1.29, 1.82) is 0 Å². The number of hydrogen-bond donors (Lipinski definition) is 1. The molecule has 2 rings (SSSR count). The van der Waals surface area contributed by atoms with Crippen LogP contribution in [0.4, 0.5) is 5.69 Å². The molecule has 17 heavy (non-hydrogen) atoms. The quantitative estimate of drug-likeness (QED) is 0.795. The van der Waals surface area contributed by atoms with Gasteiger partial charge in [-0.2, -0.15) is 0 Å². The maximum Gasteiger partial charge on any atom is 0.331 e. The molecular formula is C14H19NO2. The maximum absolute atomic E-state index is 12.1. The number of carbonyl (C=O) groups is 1. The lowest BCUT2D eigenvalue weighted by Gasteiger charge is -2.32. The molecule has 0 bridgehead atoms. The molecule has 1 aromatic carbocycles. The molecule has 1 aliphatic rings. The van der Waals surface area contributed by atoms with Crippen molar-refractivity contribution in [3.05, 3.63) is 30.3 Å². The molecule has 0 aromatic heterocycles. The first-order valence-electron chi connectivity index (χ1n) is 6.14. The van der Waals surface area contributed by atoms with Crippen LogP contribution in [0.3, 0.4) is 0 Å². The van der Waals surface area contributed by atoms with Crippen LogP contribution >= 0.6 is 0 Å². The van der Waals surface area contributed by atoms with E-state index in [9.17, 15) is 4.79 Å². The molecule has 0 saturated heterocycles. The molecule has 1 aromatic rings. The van der Waals surface area contributed by atoms with Gasteiger partial charge in [-0.3, -0.25) is 0 Å². The predicted molar refractivity (Wildman–Crippen MR) is 67.8 cm³/mol. The first-order chi connectivity index (χ1) is 8.23. The van der Waals surface area contributed by atoms with E-state index in [1.54, 1.807) is 0 Å². The van der Waals surface area contributed by atoms with Crippen LogP contribution in [0.5, 0.6) is 0 Å². The van der Waals surface area contributed by atoms with Crippen molar-refractivity contribution in [1.82, 2.24) is 0 Å². The molecule has 1 aliphatic carbocycles. The number of methoxy groups -OCH3 is 1. The fourth-order valence-electron chi connectivity index (χ4n) is 2.38. The highest BCUT2D eigenvalue weighted by Gasteiger charge is 2.50. The Labute approximate surface area is 102 Å². The molecule has 0 aliphatic heterocycles. The number of rotatable bonds is 5. The molecule has 0 heterocycles. The van der Waals surface area contributed by atoms with Crippen molar-refractivity contribution in [2.45, 2.75) is 31.7 Å². The monoisotopic (exact) mass is 233 g/mol. The van der Waals surface area contributed by atoms with E-state index in [2.05, 4.69) is 5.32 Å². The largest absolute Gasteiger partial charge is 0.467 e. The van der Waals surface area contributed by atoms with Crippen LogP contribution < -0.4 is 5.32 Å². The third-order valence-corrected chi connectivity index (χ3v) is 3.52. The first-order valence-corrected chi connectivity index (χ1v) is 6.14. The van der Waals surface area contributed by atoms with Crippen LogP contribution in [0.2, 0.25) is 0 Å². The van der Waals surface area contributed by atoms with Gasteiger partial charge in [0.25, 0.3) is 0 Å². The number of hydrogen-bond acceptors (Lipinski definition) is 3. The number of esters is 1. The Morgan fingerprint density at radius 1 is 1.41 bits per heavy atom. The van der Waals surface area contributed by atoms with Crippen LogP contribution in [0.15, 0.2) is 30.3 Å². The summed E-state index contributed by atoms with van der Waals surface area (Å²) in [5, 5.41) is 3.38. The summed E-state index contributed by atoms with van der Waals surface area (Å²) in [4.78, 5) is 12.1. The van der Waals surface area contributed by atoms with Gasteiger partial charge in [0.05, 0.1) is 7.11 Å². The second-order valence-electron chi connectivity index (χ2n) is 4.58. The van der Waals surface area contributed by atoms with Gasteiger partial charge in [-0.1, -0.05) is 25.1 Å². The Morgan fingerprint density at radius 3 is 2.53 bits per heavy atom. The van der Waals surface area contributed by atoms with Crippen molar-refractivity contribution in [3.63, 3.8) is 0 Å². The lowest BCUT2D eigenvalue weighted by molar-refractivity contribution is -0.147. The summed E-state index contributed by atoms with van der Waals surface area (Å²) in [6.07, 6.45) is 2.95. The maximum atomic E-state index is 12.1. The van der Waals surface area contributed by atoms with Gasteiger partial charge in [-0.15, -0.1) is 0 Å². The summed E-state index contributed by atoms with van der Waals surface area (Å²) in [6.45, 7) is 2.03. The highest BCUT2D eigenvalue weighted by Crippen LogP contribution is 2.44. The summed E-state index contributed by atoms with van der Waals surface area (Å²) in [7, 11) is 1.46. The van der Waals surface area contributed by atoms with E-state index >= 15 is 0 Å². The smallest absolute Gasteiger partial charge is 0.331 e. The van der Waals surface area contributed by atoms with Crippen molar-refractivity contribution < 1.29 is 9.53 Å². The van der Waals surface area contributed by atoms with E-state index in [-0.39, 0.29) is 5.97 Å². The van der Waals surface area contributed by atoms with Crippen molar-refractivity contribution >= 4 is 11.7 Å². The number of carbonyl (C=O) groups excluding carboxylic acids is 1. The van der Waals surface area contributed by atoms with Gasteiger partial charge in [0.1, 0.15) is 5.54 Å². The van der Waals surface area contributed by atoms with Crippen LogP contribution in [0.1, 0.15) is 26.2 Å². The average Bonchev–Trinajstić information content (AvgIpc) is 3.21. The van der Waals surface area contributed by atoms with Gasteiger partial charge in [-0.25, -0.2) is 4.79 Å². The number of para-hydroxylation sites is 1. The van der Waals surface area contributed by atoms with Crippen LogP contribution in [0, 0.1) is 5.92 Å². The summed E-state index contributed by atoms with van der Waals surface area (Å²) in [6, 6.07) is 9.86. The van der Waals surface area contributed by atoms with Gasteiger partial charge < -0.3 is 10.1 Å². The molecule has 0 spiro atoms. The molecule has 1 saturated carbocycles. The zero-order valence-corrected chi connectivity index (χ0v) is 10.4. The van der Waals surface area contributed by atoms with E-state index in [0.29, 0.717) is 5.92 Å². The zero-order chi connectivity index (χ0) is 12.3.